The fraction of sp³-hybridized carbons (Fsp3) is 0.385. The molecule has 33 heavy (non-hydrogen) atoms. The van der Waals surface area contributed by atoms with E-state index in [1.165, 1.54) is 0 Å². The molecule has 174 valence electrons. The number of benzene rings is 2. The molecule has 3 aromatic rings. The van der Waals surface area contributed by atoms with E-state index in [1.807, 2.05) is 72.0 Å². The second-order valence-electron chi connectivity index (χ2n) is 8.48. The van der Waals surface area contributed by atoms with Crippen molar-refractivity contribution in [2.75, 3.05) is 20.3 Å². The predicted octanol–water partition coefficient (Wildman–Crippen LogP) is 4.90. The summed E-state index contributed by atoms with van der Waals surface area (Å²) in [6, 6.07) is 15.4. The Morgan fingerprint density at radius 1 is 1.24 bits per heavy atom. The second-order valence-corrected chi connectivity index (χ2v) is 8.91. The van der Waals surface area contributed by atoms with Gasteiger partial charge in [-0.3, -0.25) is 4.79 Å². The Kier molecular flexibility index (Phi) is 7.36. The number of hydrogen-bond donors (Lipinski definition) is 0. The second kappa shape index (κ2) is 10.4. The minimum absolute atomic E-state index is 0.0650. The first-order chi connectivity index (χ1) is 15.9. The number of amides is 1. The Morgan fingerprint density at radius 3 is 2.73 bits per heavy atom. The molecule has 1 aliphatic rings. The van der Waals surface area contributed by atoms with E-state index in [2.05, 4.69) is 0 Å². The van der Waals surface area contributed by atoms with E-state index in [-0.39, 0.29) is 12.0 Å². The molecule has 0 aliphatic carbocycles. The molecule has 2 heterocycles. The molecule has 1 atom stereocenters. The third-order valence-electron chi connectivity index (χ3n) is 6.15. The van der Waals surface area contributed by atoms with Gasteiger partial charge in [0, 0.05) is 36.0 Å². The van der Waals surface area contributed by atoms with Crippen LogP contribution in [0.5, 0.6) is 5.75 Å². The van der Waals surface area contributed by atoms with Crippen molar-refractivity contribution in [3.05, 3.63) is 76.1 Å². The largest absolute Gasteiger partial charge is 0.497 e. The number of aromatic nitrogens is 2. The van der Waals surface area contributed by atoms with E-state index in [4.69, 9.17) is 26.2 Å². The first kappa shape index (κ1) is 23.3. The van der Waals surface area contributed by atoms with Crippen LogP contribution in [0.4, 0.5) is 0 Å². The Morgan fingerprint density at radius 2 is 2.03 bits per heavy atom. The van der Waals surface area contributed by atoms with E-state index in [9.17, 15) is 4.79 Å². The van der Waals surface area contributed by atoms with Gasteiger partial charge in [0.1, 0.15) is 5.75 Å². The molecule has 1 amide bonds. The number of aryl methyl sites for hydroxylation is 1. The molecule has 2 aromatic carbocycles. The monoisotopic (exact) mass is 467 g/mol. The third kappa shape index (κ3) is 5.57. The zero-order chi connectivity index (χ0) is 23.4. The summed E-state index contributed by atoms with van der Waals surface area (Å²) in [5.74, 6) is 0.850. The molecular formula is C26H30ClN3O3. The molecule has 1 saturated heterocycles. The fourth-order valence-corrected chi connectivity index (χ4v) is 4.43. The van der Waals surface area contributed by atoms with Crippen molar-refractivity contribution in [1.29, 1.82) is 0 Å². The molecule has 1 aromatic heterocycles. The van der Waals surface area contributed by atoms with Gasteiger partial charge in [0.2, 0.25) is 5.91 Å². The Hall–Kier alpha value is -2.83. The number of carbonyl (C=O) groups is 1. The van der Waals surface area contributed by atoms with Gasteiger partial charge < -0.3 is 14.4 Å². The van der Waals surface area contributed by atoms with Gasteiger partial charge in [0.25, 0.3) is 0 Å². The lowest BCUT2D eigenvalue weighted by atomic mass is 10.1. The van der Waals surface area contributed by atoms with Crippen LogP contribution in [0, 0.1) is 13.8 Å². The molecule has 0 bridgehead atoms. The van der Waals surface area contributed by atoms with Gasteiger partial charge in [0.15, 0.2) is 0 Å². The smallest absolute Gasteiger partial charge is 0.227 e. The van der Waals surface area contributed by atoms with Crippen LogP contribution in [0.25, 0.3) is 5.69 Å². The molecule has 4 rings (SSSR count). The number of nitrogens with zero attached hydrogens (tertiary/aromatic N) is 3. The molecule has 1 aliphatic heterocycles. The van der Waals surface area contributed by atoms with Crippen molar-refractivity contribution in [3.8, 4) is 11.4 Å². The first-order valence-electron chi connectivity index (χ1n) is 11.3. The minimum atomic E-state index is 0.0650. The van der Waals surface area contributed by atoms with Crippen LogP contribution in [0.1, 0.15) is 35.4 Å². The number of ether oxygens (including phenoxy) is 2. The number of carbonyl (C=O) groups excluding carboxylic acids is 1. The van der Waals surface area contributed by atoms with Crippen molar-refractivity contribution < 1.29 is 14.3 Å². The van der Waals surface area contributed by atoms with Crippen molar-refractivity contribution in [2.45, 2.75) is 45.8 Å². The highest BCUT2D eigenvalue weighted by atomic mass is 35.5. The number of halogens is 1. The molecule has 0 radical (unpaired) electrons. The molecule has 1 unspecified atom stereocenters. The van der Waals surface area contributed by atoms with Crippen LogP contribution >= 0.6 is 11.6 Å². The molecular weight excluding hydrogens is 438 g/mol. The maximum absolute atomic E-state index is 13.5. The Labute approximate surface area is 200 Å². The normalized spacial score (nSPS) is 15.6. The molecule has 0 N–H and O–H groups in total. The summed E-state index contributed by atoms with van der Waals surface area (Å²) in [6.45, 7) is 5.81. The lowest BCUT2D eigenvalue weighted by molar-refractivity contribution is -0.132. The summed E-state index contributed by atoms with van der Waals surface area (Å²) in [6.07, 6.45) is 2.40. The van der Waals surface area contributed by atoms with E-state index in [0.29, 0.717) is 24.5 Å². The number of hydrogen-bond acceptors (Lipinski definition) is 4. The SMILES string of the molecule is COc1cccc(CN(CC2CCCO2)C(=O)Cc2c(C)nn(-c3ccc(Cl)cc3)c2C)c1. The zero-order valence-electron chi connectivity index (χ0n) is 19.4. The highest BCUT2D eigenvalue weighted by Gasteiger charge is 2.25. The average molecular weight is 468 g/mol. The van der Waals surface area contributed by atoms with Gasteiger partial charge in [-0.05, 0) is 68.7 Å². The minimum Gasteiger partial charge on any atom is -0.497 e. The number of rotatable bonds is 8. The van der Waals surface area contributed by atoms with Crippen molar-refractivity contribution in [2.24, 2.45) is 0 Å². The van der Waals surface area contributed by atoms with E-state index in [1.54, 1.807) is 7.11 Å². The maximum Gasteiger partial charge on any atom is 0.227 e. The molecule has 1 fully saturated rings. The maximum atomic E-state index is 13.5. The van der Waals surface area contributed by atoms with Gasteiger partial charge in [-0.25, -0.2) is 4.68 Å². The van der Waals surface area contributed by atoms with Gasteiger partial charge in [-0.15, -0.1) is 0 Å². The summed E-state index contributed by atoms with van der Waals surface area (Å²) < 4.78 is 13.1. The molecule has 6 nitrogen and oxygen atoms in total. The van der Waals surface area contributed by atoms with Crippen LogP contribution in [-0.4, -0.2) is 47.0 Å². The lowest BCUT2D eigenvalue weighted by Gasteiger charge is -2.26. The first-order valence-corrected chi connectivity index (χ1v) is 11.7. The molecule has 0 spiro atoms. The molecule has 7 heteroatoms. The van der Waals surface area contributed by atoms with E-state index >= 15 is 0 Å². The van der Waals surface area contributed by atoms with Crippen molar-refractivity contribution in [1.82, 2.24) is 14.7 Å². The Bertz CT molecular complexity index is 1100. The number of methoxy groups -OCH3 is 1. The van der Waals surface area contributed by atoms with Gasteiger partial charge in [0.05, 0.1) is 31.0 Å². The topological polar surface area (TPSA) is 56.6 Å². The van der Waals surface area contributed by atoms with E-state index < -0.39 is 0 Å². The van der Waals surface area contributed by atoms with E-state index in [0.717, 1.165) is 53.4 Å². The van der Waals surface area contributed by atoms with Crippen molar-refractivity contribution >= 4 is 17.5 Å². The fourth-order valence-electron chi connectivity index (χ4n) is 4.31. The van der Waals surface area contributed by atoms with Crippen LogP contribution < -0.4 is 4.74 Å². The standard InChI is InChI=1S/C26H30ClN3O3/c1-18-25(19(2)30(28-18)22-11-9-21(27)10-12-22)15-26(31)29(17-24-8-5-13-33-24)16-20-6-4-7-23(14-20)32-3/h4,6-7,9-12,14,24H,5,8,13,15-17H2,1-3H3. The summed E-state index contributed by atoms with van der Waals surface area (Å²) >= 11 is 6.04. The summed E-state index contributed by atoms with van der Waals surface area (Å²) in [5, 5.41) is 5.37. The highest BCUT2D eigenvalue weighted by molar-refractivity contribution is 6.30. The molecule has 0 saturated carbocycles. The quantitative estimate of drug-likeness (QED) is 0.472. The zero-order valence-corrected chi connectivity index (χ0v) is 20.1. The van der Waals surface area contributed by atoms with Crippen LogP contribution in [0.15, 0.2) is 48.5 Å². The predicted molar refractivity (Wildman–Crippen MR) is 129 cm³/mol. The third-order valence-corrected chi connectivity index (χ3v) is 6.40. The summed E-state index contributed by atoms with van der Waals surface area (Å²) in [7, 11) is 1.65. The van der Waals surface area contributed by atoms with Crippen LogP contribution in [-0.2, 0) is 22.5 Å². The van der Waals surface area contributed by atoms with Gasteiger partial charge in [-0.1, -0.05) is 23.7 Å². The Balaban J connectivity index is 1.56. The van der Waals surface area contributed by atoms with Crippen molar-refractivity contribution in [3.63, 3.8) is 0 Å². The average Bonchev–Trinajstić information content (AvgIpc) is 3.43. The summed E-state index contributed by atoms with van der Waals surface area (Å²) in [4.78, 5) is 15.4. The van der Waals surface area contributed by atoms with Crippen LogP contribution in [0.3, 0.4) is 0 Å². The van der Waals surface area contributed by atoms with Gasteiger partial charge in [-0.2, -0.15) is 5.10 Å². The lowest BCUT2D eigenvalue weighted by Crippen LogP contribution is -2.38. The van der Waals surface area contributed by atoms with Gasteiger partial charge >= 0.3 is 0 Å². The van der Waals surface area contributed by atoms with Crippen LogP contribution in [0.2, 0.25) is 5.02 Å². The summed E-state index contributed by atoms with van der Waals surface area (Å²) in [5.41, 5.74) is 4.73. The highest BCUT2D eigenvalue weighted by Crippen LogP contribution is 2.23.